The molecule has 0 radical (unpaired) electrons. The first-order valence-electron chi connectivity index (χ1n) is 6.63. The van der Waals surface area contributed by atoms with Crippen LogP contribution in [0.25, 0.3) is 0 Å². The zero-order valence-electron chi connectivity index (χ0n) is 11.3. The lowest BCUT2D eigenvalue weighted by atomic mass is 9.89. The van der Waals surface area contributed by atoms with Gasteiger partial charge in [-0.3, -0.25) is 5.10 Å². The number of hydrogen-bond donors (Lipinski definition) is 2. The van der Waals surface area contributed by atoms with E-state index in [0.29, 0.717) is 6.04 Å². The number of para-hydroxylation sites is 1. The van der Waals surface area contributed by atoms with E-state index < -0.39 is 0 Å². The van der Waals surface area contributed by atoms with Crippen LogP contribution < -0.4 is 10.1 Å². The van der Waals surface area contributed by atoms with Crippen LogP contribution in [0.3, 0.4) is 0 Å². The van der Waals surface area contributed by atoms with Crippen molar-refractivity contribution in [2.24, 2.45) is 0 Å². The minimum Gasteiger partial charge on any atom is -0.487 e. The van der Waals surface area contributed by atoms with Crippen molar-refractivity contribution in [3.63, 3.8) is 0 Å². The van der Waals surface area contributed by atoms with E-state index in [4.69, 9.17) is 4.74 Å². The Bertz CT molecular complexity index is 548. The zero-order chi connectivity index (χ0) is 13.3. The largest absolute Gasteiger partial charge is 0.487 e. The predicted octanol–water partition coefficient (Wildman–Crippen LogP) is 2.80. The Labute approximate surface area is 113 Å². The summed E-state index contributed by atoms with van der Waals surface area (Å²) in [6.07, 6.45) is 4.73. The third-order valence-electron chi connectivity index (χ3n) is 3.48. The number of ether oxygens (including phenoxy) is 1. The van der Waals surface area contributed by atoms with Gasteiger partial charge in [0.05, 0.1) is 6.20 Å². The van der Waals surface area contributed by atoms with E-state index in [2.05, 4.69) is 41.5 Å². The number of nitrogens with zero attached hydrogens (tertiary/aromatic N) is 1. The van der Waals surface area contributed by atoms with Crippen LogP contribution in [-0.4, -0.2) is 15.8 Å². The maximum Gasteiger partial charge on any atom is 0.124 e. The van der Waals surface area contributed by atoms with E-state index in [1.165, 1.54) is 11.1 Å². The van der Waals surface area contributed by atoms with Gasteiger partial charge in [-0.15, -0.1) is 0 Å². The lowest BCUT2D eigenvalue weighted by Crippen LogP contribution is -2.39. The summed E-state index contributed by atoms with van der Waals surface area (Å²) in [6.45, 7) is 5.08. The molecule has 0 spiro atoms. The average Bonchev–Trinajstić information content (AvgIpc) is 2.87. The first-order chi connectivity index (χ1) is 9.14. The van der Waals surface area contributed by atoms with Crippen molar-refractivity contribution < 1.29 is 4.74 Å². The molecule has 3 rings (SSSR count). The Hall–Kier alpha value is -1.81. The molecule has 19 heavy (non-hydrogen) atoms. The van der Waals surface area contributed by atoms with Crippen molar-refractivity contribution in [1.29, 1.82) is 0 Å². The summed E-state index contributed by atoms with van der Waals surface area (Å²) < 4.78 is 6.03. The molecule has 0 fully saturated rings. The number of aromatic nitrogens is 2. The number of aromatic amines is 1. The monoisotopic (exact) mass is 257 g/mol. The molecule has 100 valence electrons. The van der Waals surface area contributed by atoms with Gasteiger partial charge in [-0.25, -0.2) is 0 Å². The molecule has 1 aromatic carbocycles. The van der Waals surface area contributed by atoms with Crippen LogP contribution in [0.5, 0.6) is 5.75 Å². The van der Waals surface area contributed by atoms with Gasteiger partial charge < -0.3 is 10.1 Å². The molecule has 1 aliphatic heterocycles. The molecule has 4 heteroatoms. The van der Waals surface area contributed by atoms with Crippen LogP contribution in [0, 0.1) is 0 Å². The third-order valence-corrected chi connectivity index (χ3v) is 3.48. The molecule has 0 saturated heterocycles. The van der Waals surface area contributed by atoms with Crippen molar-refractivity contribution in [3.8, 4) is 5.75 Å². The van der Waals surface area contributed by atoms with Gasteiger partial charge in [0.2, 0.25) is 0 Å². The average molecular weight is 257 g/mol. The van der Waals surface area contributed by atoms with Crippen LogP contribution in [0.2, 0.25) is 0 Å². The molecular formula is C15H19N3O. The number of benzene rings is 1. The fourth-order valence-corrected chi connectivity index (χ4v) is 2.60. The van der Waals surface area contributed by atoms with Crippen LogP contribution >= 0.6 is 0 Å². The van der Waals surface area contributed by atoms with E-state index in [0.717, 1.165) is 18.7 Å². The van der Waals surface area contributed by atoms with Gasteiger partial charge in [0.25, 0.3) is 0 Å². The Kier molecular flexibility index (Phi) is 3.03. The highest BCUT2D eigenvalue weighted by Gasteiger charge is 2.33. The van der Waals surface area contributed by atoms with Crippen LogP contribution in [0.4, 0.5) is 0 Å². The van der Waals surface area contributed by atoms with Crippen molar-refractivity contribution in [1.82, 2.24) is 15.5 Å². The summed E-state index contributed by atoms with van der Waals surface area (Å²) in [6, 6.07) is 8.58. The van der Waals surface area contributed by atoms with E-state index in [1.54, 1.807) is 0 Å². The van der Waals surface area contributed by atoms with Gasteiger partial charge in [-0.05, 0) is 19.9 Å². The number of H-pyrrole nitrogens is 1. The van der Waals surface area contributed by atoms with Crippen LogP contribution in [0.15, 0.2) is 36.7 Å². The topological polar surface area (TPSA) is 49.9 Å². The molecule has 0 bridgehead atoms. The Morgan fingerprint density at radius 3 is 3.05 bits per heavy atom. The number of nitrogens with one attached hydrogen (secondary N) is 2. The fourth-order valence-electron chi connectivity index (χ4n) is 2.60. The Balaban J connectivity index is 1.80. The number of fused-ring (bicyclic) bond motifs is 1. The van der Waals surface area contributed by atoms with E-state index >= 15 is 0 Å². The molecule has 0 amide bonds. The van der Waals surface area contributed by atoms with Crippen LogP contribution in [-0.2, 0) is 6.54 Å². The highest BCUT2D eigenvalue weighted by Crippen LogP contribution is 2.39. The Morgan fingerprint density at radius 2 is 2.26 bits per heavy atom. The van der Waals surface area contributed by atoms with E-state index in [1.807, 2.05) is 24.5 Å². The quantitative estimate of drug-likeness (QED) is 0.889. The third kappa shape index (κ3) is 2.63. The molecule has 1 aliphatic rings. The van der Waals surface area contributed by atoms with Crippen molar-refractivity contribution in [3.05, 3.63) is 47.8 Å². The predicted molar refractivity (Wildman–Crippen MR) is 73.9 cm³/mol. The lowest BCUT2D eigenvalue weighted by molar-refractivity contribution is 0.0657. The molecule has 0 saturated carbocycles. The van der Waals surface area contributed by atoms with Gasteiger partial charge in [-0.2, -0.15) is 5.10 Å². The molecule has 2 aromatic rings. The van der Waals surface area contributed by atoms with Crippen molar-refractivity contribution in [2.45, 2.75) is 38.5 Å². The smallest absolute Gasteiger partial charge is 0.124 e. The lowest BCUT2D eigenvalue weighted by Gasteiger charge is -2.38. The zero-order valence-corrected chi connectivity index (χ0v) is 11.3. The molecule has 2 heterocycles. The summed E-state index contributed by atoms with van der Waals surface area (Å²) in [5.74, 6) is 0.989. The molecule has 2 N–H and O–H groups in total. The van der Waals surface area contributed by atoms with Gasteiger partial charge in [-0.1, -0.05) is 18.2 Å². The van der Waals surface area contributed by atoms with Gasteiger partial charge in [0.15, 0.2) is 0 Å². The second-order valence-corrected chi connectivity index (χ2v) is 5.64. The molecule has 1 atom stereocenters. The highest BCUT2D eigenvalue weighted by molar-refractivity contribution is 5.38. The van der Waals surface area contributed by atoms with Gasteiger partial charge >= 0.3 is 0 Å². The number of rotatable bonds is 3. The normalized spacial score (nSPS) is 20.6. The summed E-state index contributed by atoms with van der Waals surface area (Å²) in [5.41, 5.74) is 2.27. The van der Waals surface area contributed by atoms with Crippen molar-refractivity contribution >= 4 is 0 Å². The summed E-state index contributed by atoms with van der Waals surface area (Å²) in [4.78, 5) is 0. The molecule has 0 aliphatic carbocycles. The van der Waals surface area contributed by atoms with Crippen LogP contribution in [0.1, 0.15) is 37.4 Å². The van der Waals surface area contributed by atoms with Crippen molar-refractivity contribution in [2.75, 3.05) is 0 Å². The minimum atomic E-state index is -0.136. The van der Waals surface area contributed by atoms with Gasteiger partial charge in [0, 0.05) is 36.3 Å². The standard InChI is InChI=1S/C15H19N3O/c1-15(2)7-13(16-8-11-9-17-18-10-11)12-5-3-4-6-14(12)19-15/h3-6,9-10,13,16H,7-8H2,1-2H3,(H,17,18). The molecule has 1 aromatic heterocycles. The van der Waals surface area contributed by atoms with Gasteiger partial charge in [0.1, 0.15) is 11.4 Å². The summed E-state index contributed by atoms with van der Waals surface area (Å²) in [5, 5.41) is 10.4. The SMILES string of the molecule is CC1(C)CC(NCc2cn[nH]c2)c2ccccc2O1. The second-order valence-electron chi connectivity index (χ2n) is 5.64. The Morgan fingerprint density at radius 1 is 1.42 bits per heavy atom. The summed E-state index contributed by atoms with van der Waals surface area (Å²) in [7, 11) is 0. The second kappa shape index (κ2) is 4.70. The molecule has 1 unspecified atom stereocenters. The van der Waals surface area contributed by atoms with E-state index in [9.17, 15) is 0 Å². The highest BCUT2D eigenvalue weighted by atomic mass is 16.5. The summed E-state index contributed by atoms with van der Waals surface area (Å²) >= 11 is 0. The first kappa shape index (κ1) is 12.2. The fraction of sp³-hybridized carbons (Fsp3) is 0.400. The maximum atomic E-state index is 6.03. The molecular weight excluding hydrogens is 238 g/mol. The number of hydrogen-bond acceptors (Lipinski definition) is 3. The molecule has 4 nitrogen and oxygen atoms in total. The van der Waals surface area contributed by atoms with E-state index in [-0.39, 0.29) is 5.60 Å². The maximum absolute atomic E-state index is 6.03. The minimum absolute atomic E-state index is 0.136. The first-order valence-corrected chi connectivity index (χ1v) is 6.63.